The Balaban J connectivity index is 2.46. The van der Waals surface area contributed by atoms with Gasteiger partial charge in [-0.25, -0.2) is 4.39 Å². The van der Waals surface area contributed by atoms with Crippen molar-refractivity contribution in [3.8, 4) is 5.75 Å². The summed E-state index contributed by atoms with van der Waals surface area (Å²) in [6.07, 6.45) is 0. The van der Waals surface area contributed by atoms with Gasteiger partial charge in [-0.05, 0) is 24.3 Å². The molecule has 0 aliphatic heterocycles. The normalized spacial score (nSPS) is 10.2. The number of alkyl halides is 1. The van der Waals surface area contributed by atoms with E-state index < -0.39 is 24.2 Å². The monoisotopic (exact) mass is 351 g/mol. The van der Waals surface area contributed by atoms with Gasteiger partial charge < -0.3 is 9.84 Å². The van der Waals surface area contributed by atoms with Gasteiger partial charge in [0, 0.05) is 11.6 Å². The van der Waals surface area contributed by atoms with E-state index >= 15 is 0 Å². The van der Waals surface area contributed by atoms with Gasteiger partial charge in [0.2, 0.25) is 0 Å². The fourth-order valence-electron chi connectivity index (χ4n) is 2.11. The molecule has 0 aliphatic carbocycles. The van der Waals surface area contributed by atoms with Gasteiger partial charge in [0.15, 0.2) is 0 Å². The van der Waals surface area contributed by atoms with E-state index in [9.17, 15) is 14.0 Å². The Hall–Kier alpha value is -2.60. The molecule has 24 heavy (non-hydrogen) atoms. The van der Waals surface area contributed by atoms with Gasteiger partial charge in [-0.15, -0.1) is 11.6 Å². The van der Waals surface area contributed by atoms with Crippen molar-refractivity contribution in [3.63, 3.8) is 0 Å². The highest BCUT2D eigenvalue weighted by molar-refractivity contribution is 6.18. The summed E-state index contributed by atoms with van der Waals surface area (Å²) in [5.41, 5.74) is 0.322. The predicted molar refractivity (Wildman–Crippen MR) is 88.4 cm³/mol. The number of carboxylic acid groups (broad SMARTS) is 1. The summed E-state index contributed by atoms with van der Waals surface area (Å²) in [6.45, 7) is -0.491. The molecule has 5 nitrogen and oxygen atoms in total. The van der Waals surface area contributed by atoms with Crippen LogP contribution in [0.25, 0.3) is 0 Å². The fourth-order valence-corrected chi connectivity index (χ4v) is 2.19. The van der Waals surface area contributed by atoms with E-state index in [1.165, 1.54) is 12.1 Å². The molecule has 0 unspecified atom stereocenters. The Morgan fingerprint density at radius 2 is 1.88 bits per heavy atom. The number of nitrogens with zero attached hydrogens (tertiary/aromatic N) is 1. The number of amides is 1. The molecule has 0 fully saturated rings. The Labute approximate surface area is 143 Å². The molecular formula is C17H15ClFNO4. The molecule has 0 heterocycles. The lowest BCUT2D eigenvalue weighted by molar-refractivity contribution is -0.135. The molecule has 0 saturated heterocycles. The molecule has 1 N–H and O–H groups in total. The second kappa shape index (κ2) is 8.31. The Morgan fingerprint density at radius 1 is 1.17 bits per heavy atom. The first-order chi connectivity index (χ1) is 11.5. The van der Waals surface area contributed by atoms with Crippen LogP contribution in [0.5, 0.6) is 5.75 Å². The van der Waals surface area contributed by atoms with Gasteiger partial charge in [-0.2, -0.15) is 0 Å². The summed E-state index contributed by atoms with van der Waals surface area (Å²) in [5, 5.41) is 9.13. The van der Waals surface area contributed by atoms with Gasteiger partial charge >= 0.3 is 5.97 Å². The average molecular weight is 352 g/mol. The second-order valence-electron chi connectivity index (χ2n) is 4.80. The molecular weight excluding hydrogens is 337 g/mol. The van der Waals surface area contributed by atoms with Crippen molar-refractivity contribution in [3.05, 3.63) is 59.9 Å². The minimum absolute atomic E-state index is 0.0383. The van der Waals surface area contributed by atoms with Gasteiger partial charge in [0.25, 0.3) is 5.91 Å². The summed E-state index contributed by atoms with van der Waals surface area (Å²) >= 11 is 5.58. The lowest BCUT2D eigenvalue weighted by atomic mass is 10.1. The molecule has 7 heteroatoms. The Morgan fingerprint density at radius 3 is 2.50 bits per heavy atom. The van der Waals surface area contributed by atoms with Crippen LogP contribution < -0.4 is 9.64 Å². The molecule has 0 atom stereocenters. The summed E-state index contributed by atoms with van der Waals surface area (Å²) in [4.78, 5) is 24.8. The minimum Gasteiger partial charge on any atom is -0.490 e. The number of aliphatic carboxylic acids is 1. The molecule has 2 rings (SSSR count). The molecule has 0 aromatic heterocycles. The lowest BCUT2D eigenvalue weighted by Crippen LogP contribution is -2.36. The maximum absolute atomic E-state index is 13.7. The van der Waals surface area contributed by atoms with Crippen LogP contribution in [0.4, 0.5) is 10.1 Å². The van der Waals surface area contributed by atoms with Gasteiger partial charge in [-0.3, -0.25) is 14.5 Å². The van der Waals surface area contributed by atoms with Crippen molar-refractivity contribution in [1.82, 2.24) is 0 Å². The molecule has 0 aliphatic rings. The quantitative estimate of drug-likeness (QED) is 0.778. The number of carbonyl (C=O) groups is 2. The molecule has 0 spiro atoms. The van der Waals surface area contributed by atoms with Crippen LogP contribution in [-0.4, -0.2) is 36.0 Å². The number of rotatable bonds is 7. The van der Waals surface area contributed by atoms with Crippen molar-refractivity contribution in [1.29, 1.82) is 0 Å². The largest absolute Gasteiger partial charge is 0.490 e. The summed E-state index contributed by atoms with van der Waals surface area (Å²) in [7, 11) is 0. The molecule has 0 saturated carbocycles. The first kappa shape index (κ1) is 17.7. The fraction of sp³-hybridized carbons (Fsp3) is 0.176. The second-order valence-corrected chi connectivity index (χ2v) is 5.18. The number of hydrogen-bond donors (Lipinski definition) is 1. The Kier molecular flexibility index (Phi) is 6.14. The summed E-state index contributed by atoms with van der Waals surface area (Å²) < 4.78 is 19.1. The van der Waals surface area contributed by atoms with Gasteiger partial charge in [0.1, 0.15) is 24.7 Å². The average Bonchev–Trinajstić information content (AvgIpc) is 2.58. The number of anilines is 1. The number of halogens is 2. The number of carboxylic acids is 1. The summed E-state index contributed by atoms with van der Waals surface area (Å²) in [5.74, 6) is -2.03. The van der Waals surface area contributed by atoms with Crippen LogP contribution in [0, 0.1) is 5.82 Å². The van der Waals surface area contributed by atoms with Gasteiger partial charge in [-0.1, -0.05) is 18.2 Å². The molecule has 0 radical (unpaired) electrons. The zero-order valence-corrected chi connectivity index (χ0v) is 13.4. The van der Waals surface area contributed by atoms with Crippen LogP contribution >= 0.6 is 11.6 Å². The first-order valence-corrected chi connectivity index (χ1v) is 7.63. The summed E-state index contributed by atoms with van der Waals surface area (Å²) in [6, 6.07) is 11.7. The molecule has 2 aromatic rings. The van der Waals surface area contributed by atoms with Crippen LogP contribution in [0.1, 0.15) is 10.4 Å². The van der Waals surface area contributed by atoms with E-state index in [-0.39, 0.29) is 29.5 Å². The zero-order chi connectivity index (χ0) is 17.5. The van der Waals surface area contributed by atoms with E-state index in [0.717, 1.165) is 11.0 Å². The van der Waals surface area contributed by atoms with Gasteiger partial charge in [0.05, 0.1) is 11.6 Å². The highest BCUT2D eigenvalue weighted by Gasteiger charge is 2.24. The van der Waals surface area contributed by atoms with Crippen molar-refractivity contribution in [2.45, 2.75) is 0 Å². The molecule has 126 valence electrons. The van der Waals surface area contributed by atoms with Crippen molar-refractivity contribution in [2.75, 3.05) is 23.9 Å². The maximum atomic E-state index is 13.7. The van der Waals surface area contributed by atoms with Crippen molar-refractivity contribution < 1.29 is 23.8 Å². The minimum atomic E-state index is -1.23. The maximum Gasteiger partial charge on any atom is 0.323 e. The highest BCUT2D eigenvalue weighted by atomic mass is 35.5. The predicted octanol–water partition coefficient (Wildman–Crippen LogP) is 3.17. The first-order valence-electron chi connectivity index (χ1n) is 7.10. The van der Waals surface area contributed by atoms with Crippen LogP contribution in [0.2, 0.25) is 0 Å². The number of benzene rings is 2. The number of ether oxygens (including phenoxy) is 1. The molecule has 0 bridgehead atoms. The van der Waals surface area contributed by atoms with E-state index in [2.05, 4.69) is 0 Å². The van der Waals surface area contributed by atoms with E-state index in [4.69, 9.17) is 21.4 Å². The number of carbonyl (C=O) groups excluding carboxylic acids is 1. The third kappa shape index (κ3) is 4.45. The van der Waals surface area contributed by atoms with E-state index in [0.29, 0.717) is 0 Å². The van der Waals surface area contributed by atoms with Crippen molar-refractivity contribution >= 4 is 29.2 Å². The van der Waals surface area contributed by atoms with Crippen LogP contribution in [0.3, 0.4) is 0 Å². The van der Waals surface area contributed by atoms with E-state index in [1.54, 1.807) is 30.3 Å². The Bertz CT molecular complexity index is 724. The third-order valence-electron chi connectivity index (χ3n) is 3.11. The van der Waals surface area contributed by atoms with E-state index in [1.807, 2.05) is 0 Å². The molecule has 1 amide bonds. The highest BCUT2D eigenvalue weighted by Crippen LogP contribution is 2.30. The SMILES string of the molecule is O=C(O)CN(C(=O)c1ccccc1)c1cc(F)ccc1OCCCl. The number of hydrogen-bond acceptors (Lipinski definition) is 3. The molecule has 2 aromatic carbocycles. The zero-order valence-electron chi connectivity index (χ0n) is 12.6. The smallest absolute Gasteiger partial charge is 0.323 e. The van der Waals surface area contributed by atoms with Crippen LogP contribution in [-0.2, 0) is 4.79 Å². The lowest BCUT2D eigenvalue weighted by Gasteiger charge is -2.23. The van der Waals surface area contributed by atoms with Crippen molar-refractivity contribution in [2.24, 2.45) is 0 Å². The van der Waals surface area contributed by atoms with Crippen LogP contribution in [0.15, 0.2) is 48.5 Å². The third-order valence-corrected chi connectivity index (χ3v) is 3.26. The standard InChI is InChI=1S/C17H15ClFNO4/c18-8-9-24-15-7-6-13(19)10-14(15)20(11-16(21)22)17(23)12-4-2-1-3-5-12/h1-7,10H,8-9,11H2,(H,21,22). The topological polar surface area (TPSA) is 66.8 Å².